The molecular formula is C18H17Cl2N3OS. The van der Waals surface area contributed by atoms with Crippen LogP contribution < -0.4 is 5.32 Å². The number of carbonyl (C=O) groups excluding carboxylic acids is 1. The van der Waals surface area contributed by atoms with E-state index in [-0.39, 0.29) is 5.91 Å². The first kappa shape index (κ1) is 18.0. The summed E-state index contributed by atoms with van der Waals surface area (Å²) >= 11 is 13.7. The minimum Gasteiger partial charge on any atom is -0.351 e. The Bertz CT molecular complexity index is 903. The van der Waals surface area contributed by atoms with E-state index in [1.54, 1.807) is 28.2 Å². The molecule has 0 bridgehead atoms. The van der Waals surface area contributed by atoms with Gasteiger partial charge in [-0.15, -0.1) is 11.3 Å². The van der Waals surface area contributed by atoms with Crippen molar-refractivity contribution in [1.82, 2.24) is 15.1 Å². The van der Waals surface area contributed by atoms with Gasteiger partial charge in [-0.3, -0.25) is 4.79 Å². The summed E-state index contributed by atoms with van der Waals surface area (Å²) < 4.78 is 1.79. The minimum atomic E-state index is -0.0201. The van der Waals surface area contributed by atoms with E-state index in [0.717, 1.165) is 27.5 Å². The number of amides is 1. The lowest BCUT2D eigenvalue weighted by atomic mass is 10.1. The zero-order valence-corrected chi connectivity index (χ0v) is 16.2. The monoisotopic (exact) mass is 393 g/mol. The molecule has 3 rings (SSSR count). The molecule has 0 aliphatic heterocycles. The molecule has 0 saturated carbocycles. The lowest BCUT2D eigenvalue weighted by Crippen LogP contribution is -2.24. The van der Waals surface area contributed by atoms with Crippen LogP contribution in [0.1, 0.15) is 21.8 Å². The molecule has 0 spiro atoms. The van der Waals surface area contributed by atoms with Gasteiger partial charge in [-0.1, -0.05) is 29.3 Å². The minimum absolute atomic E-state index is 0.0201. The summed E-state index contributed by atoms with van der Waals surface area (Å²) in [5.74, 6) is -0.0201. The van der Waals surface area contributed by atoms with Crippen LogP contribution in [0.15, 0.2) is 35.7 Å². The van der Waals surface area contributed by atoms with Crippen molar-refractivity contribution >= 4 is 40.4 Å². The highest BCUT2D eigenvalue weighted by Crippen LogP contribution is 2.26. The van der Waals surface area contributed by atoms with Crippen LogP contribution in [0.25, 0.3) is 5.69 Å². The molecule has 0 radical (unpaired) electrons. The average molecular weight is 394 g/mol. The third-order valence-corrected chi connectivity index (χ3v) is 5.58. The van der Waals surface area contributed by atoms with Crippen molar-refractivity contribution in [3.8, 4) is 5.69 Å². The lowest BCUT2D eigenvalue weighted by molar-refractivity contribution is -0.120. The molecule has 7 heteroatoms. The number of nitrogens with zero attached hydrogens (tertiary/aromatic N) is 2. The molecule has 0 aliphatic rings. The van der Waals surface area contributed by atoms with Crippen molar-refractivity contribution in [1.29, 1.82) is 0 Å². The summed E-state index contributed by atoms with van der Waals surface area (Å²) in [6, 6.07) is 9.34. The molecular weight excluding hydrogens is 377 g/mol. The molecule has 4 nitrogen and oxygen atoms in total. The first-order chi connectivity index (χ1) is 12.0. The largest absolute Gasteiger partial charge is 0.351 e. The molecule has 2 heterocycles. The number of aromatic nitrogens is 2. The van der Waals surface area contributed by atoms with Gasteiger partial charge in [0.25, 0.3) is 0 Å². The Morgan fingerprint density at radius 1 is 1.24 bits per heavy atom. The first-order valence-corrected chi connectivity index (χ1v) is 9.39. The summed E-state index contributed by atoms with van der Waals surface area (Å²) in [6.07, 6.45) is 0.296. The average Bonchev–Trinajstić information content (AvgIpc) is 3.19. The van der Waals surface area contributed by atoms with Crippen molar-refractivity contribution in [2.75, 3.05) is 0 Å². The zero-order valence-electron chi connectivity index (χ0n) is 13.8. The van der Waals surface area contributed by atoms with Gasteiger partial charge in [-0.2, -0.15) is 5.10 Å². The Labute approximate surface area is 160 Å². The highest BCUT2D eigenvalue weighted by molar-refractivity contribution is 7.09. The molecule has 130 valence electrons. The van der Waals surface area contributed by atoms with E-state index < -0.39 is 0 Å². The summed E-state index contributed by atoms with van der Waals surface area (Å²) in [6.45, 7) is 4.41. The maximum Gasteiger partial charge on any atom is 0.224 e. The second-order valence-corrected chi connectivity index (χ2v) is 7.54. The quantitative estimate of drug-likeness (QED) is 0.681. The normalized spacial score (nSPS) is 10.9. The molecule has 0 atom stereocenters. The van der Waals surface area contributed by atoms with E-state index in [2.05, 4.69) is 10.4 Å². The van der Waals surface area contributed by atoms with Crippen LogP contribution in [-0.4, -0.2) is 15.7 Å². The predicted octanol–water partition coefficient (Wildman–Crippen LogP) is 4.72. The molecule has 1 aromatic carbocycles. The number of halogens is 2. The van der Waals surface area contributed by atoms with Gasteiger partial charge >= 0.3 is 0 Å². The van der Waals surface area contributed by atoms with Crippen LogP contribution in [0.5, 0.6) is 0 Å². The predicted molar refractivity (Wildman–Crippen MR) is 103 cm³/mol. The molecule has 1 N–H and O–H groups in total. The van der Waals surface area contributed by atoms with E-state index in [4.69, 9.17) is 23.2 Å². The molecule has 0 fully saturated rings. The van der Waals surface area contributed by atoms with E-state index in [1.165, 1.54) is 0 Å². The van der Waals surface area contributed by atoms with Gasteiger partial charge in [0.2, 0.25) is 5.91 Å². The van der Waals surface area contributed by atoms with Crippen molar-refractivity contribution < 1.29 is 4.79 Å². The van der Waals surface area contributed by atoms with Gasteiger partial charge in [-0.05, 0) is 43.5 Å². The van der Waals surface area contributed by atoms with E-state index in [0.29, 0.717) is 23.0 Å². The van der Waals surface area contributed by atoms with Crippen LogP contribution >= 0.6 is 34.5 Å². The van der Waals surface area contributed by atoms with Gasteiger partial charge in [-0.25, -0.2) is 4.68 Å². The van der Waals surface area contributed by atoms with Gasteiger partial charge in [0, 0.05) is 16.1 Å². The second kappa shape index (κ2) is 7.60. The molecule has 1 amide bonds. The Hall–Kier alpha value is -1.82. The maximum absolute atomic E-state index is 12.3. The van der Waals surface area contributed by atoms with Crippen LogP contribution in [-0.2, 0) is 17.8 Å². The van der Waals surface area contributed by atoms with Crippen LogP contribution in [0.3, 0.4) is 0 Å². The molecule has 0 saturated heterocycles. The Morgan fingerprint density at radius 3 is 2.72 bits per heavy atom. The molecule has 3 aromatic rings. The highest BCUT2D eigenvalue weighted by atomic mass is 35.5. The maximum atomic E-state index is 12.3. The van der Waals surface area contributed by atoms with E-state index in [1.807, 2.05) is 37.4 Å². The van der Waals surface area contributed by atoms with Gasteiger partial charge in [0.1, 0.15) is 0 Å². The van der Waals surface area contributed by atoms with E-state index >= 15 is 0 Å². The fourth-order valence-corrected chi connectivity index (χ4v) is 3.56. The summed E-state index contributed by atoms with van der Waals surface area (Å²) in [5, 5.41) is 10.5. The van der Waals surface area contributed by atoms with E-state index in [9.17, 15) is 4.79 Å². The van der Waals surface area contributed by atoms with Gasteiger partial charge in [0.15, 0.2) is 0 Å². The third-order valence-electron chi connectivity index (χ3n) is 3.97. The number of thiophene rings is 1. The number of benzene rings is 1. The SMILES string of the molecule is Cc1nn(-c2ccc(Cl)c(Cl)c2)c(C)c1CC(=O)NCc1cccs1. The topological polar surface area (TPSA) is 46.9 Å². The van der Waals surface area contributed by atoms with Gasteiger partial charge < -0.3 is 5.32 Å². The lowest BCUT2D eigenvalue weighted by Gasteiger charge is -2.07. The smallest absolute Gasteiger partial charge is 0.224 e. The number of hydrogen-bond donors (Lipinski definition) is 1. The van der Waals surface area contributed by atoms with Crippen LogP contribution in [0.2, 0.25) is 10.0 Å². The third kappa shape index (κ3) is 4.06. The Morgan fingerprint density at radius 2 is 2.04 bits per heavy atom. The number of nitrogens with one attached hydrogen (secondary N) is 1. The zero-order chi connectivity index (χ0) is 18.0. The summed E-state index contributed by atoms with van der Waals surface area (Å²) in [7, 11) is 0. The van der Waals surface area contributed by atoms with Crippen molar-refractivity contribution in [2.24, 2.45) is 0 Å². The number of aryl methyl sites for hydroxylation is 1. The molecule has 0 unspecified atom stereocenters. The fraction of sp³-hybridized carbons (Fsp3) is 0.222. The van der Waals surface area contributed by atoms with Crippen LogP contribution in [0.4, 0.5) is 0 Å². The highest BCUT2D eigenvalue weighted by Gasteiger charge is 2.16. The Balaban J connectivity index is 1.77. The first-order valence-electron chi connectivity index (χ1n) is 7.75. The summed E-state index contributed by atoms with van der Waals surface area (Å²) in [5.41, 5.74) is 3.49. The number of carbonyl (C=O) groups is 1. The van der Waals surface area contributed by atoms with Crippen molar-refractivity contribution in [3.63, 3.8) is 0 Å². The van der Waals surface area contributed by atoms with Crippen LogP contribution in [0, 0.1) is 13.8 Å². The van der Waals surface area contributed by atoms with Crippen molar-refractivity contribution in [3.05, 3.63) is 67.6 Å². The summed E-state index contributed by atoms with van der Waals surface area (Å²) in [4.78, 5) is 13.4. The Kier molecular flexibility index (Phi) is 5.47. The fourth-order valence-electron chi connectivity index (χ4n) is 2.62. The number of rotatable bonds is 5. The molecule has 0 aliphatic carbocycles. The van der Waals surface area contributed by atoms with Crippen molar-refractivity contribution in [2.45, 2.75) is 26.8 Å². The number of hydrogen-bond acceptors (Lipinski definition) is 3. The van der Waals surface area contributed by atoms with Gasteiger partial charge in [0.05, 0.1) is 34.4 Å². The molecule has 2 aromatic heterocycles. The molecule has 25 heavy (non-hydrogen) atoms. The second-order valence-electron chi connectivity index (χ2n) is 5.69. The standard InChI is InChI=1S/C18H17Cl2N3OS/c1-11-15(9-18(24)21-10-14-4-3-7-25-14)12(2)23(22-11)13-5-6-16(19)17(20)8-13/h3-8H,9-10H2,1-2H3,(H,21,24).